The largest absolute Gasteiger partial charge is 0.495 e. The summed E-state index contributed by atoms with van der Waals surface area (Å²) < 4.78 is 7.28. The molecule has 3 heterocycles. The molecule has 0 spiro atoms. The number of hydrogen-bond donors (Lipinski definition) is 0. The molecule has 5 heteroatoms. The molecule has 0 radical (unpaired) electrons. The molecular weight excluding hydrogens is 216 g/mol. The molecule has 5 nitrogen and oxygen atoms in total. The number of nitrogens with zero attached hydrogens (tertiary/aromatic N) is 4. The van der Waals surface area contributed by atoms with Crippen molar-refractivity contribution in [1.29, 1.82) is 0 Å². The Morgan fingerprint density at radius 2 is 2.24 bits per heavy atom. The van der Waals surface area contributed by atoms with E-state index in [1.165, 1.54) is 6.42 Å². The predicted octanol–water partition coefficient (Wildman–Crippen LogP) is 1.50. The molecule has 1 atom stereocenters. The van der Waals surface area contributed by atoms with Gasteiger partial charge in [-0.25, -0.2) is 0 Å². The van der Waals surface area contributed by atoms with Crippen LogP contribution >= 0.6 is 0 Å². The van der Waals surface area contributed by atoms with E-state index in [1.54, 1.807) is 7.11 Å². The lowest BCUT2D eigenvalue weighted by atomic mass is 10.2. The van der Waals surface area contributed by atoms with Crippen molar-refractivity contribution in [3.05, 3.63) is 24.2 Å². The van der Waals surface area contributed by atoms with Gasteiger partial charge in [-0.2, -0.15) is 0 Å². The Hall–Kier alpha value is -1.62. The highest BCUT2D eigenvalue weighted by atomic mass is 16.5. The second-order valence-electron chi connectivity index (χ2n) is 4.49. The molecule has 0 amide bonds. The average Bonchev–Trinajstić information content (AvgIpc) is 2.94. The van der Waals surface area contributed by atoms with Gasteiger partial charge in [-0.3, -0.25) is 9.30 Å². The number of likely N-dealkylation sites (tertiary alicyclic amines) is 1. The lowest BCUT2D eigenvalue weighted by Gasteiger charge is -2.17. The molecule has 0 aliphatic carbocycles. The van der Waals surface area contributed by atoms with Gasteiger partial charge in [-0.1, -0.05) is 0 Å². The summed E-state index contributed by atoms with van der Waals surface area (Å²) in [5, 5.41) is 8.52. The van der Waals surface area contributed by atoms with Crippen LogP contribution in [0.4, 0.5) is 0 Å². The smallest absolute Gasteiger partial charge is 0.161 e. The van der Waals surface area contributed by atoms with Gasteiger partial charge in [-0.05, 0) is 38.6 Å². The normalized spacial score (nSPS) is 21.2. The lowest BCUT2D eigenvalue weighted by Crippen LogP contribution is -2.19. The van der Waals surface area contributed by atoms with Crippen molar-refractivity contribution in [2.24, 2.45) is 0 Å². The van der Waals surface area contributed by atoms with E-state index in [0.29, 0.717) is 6.04 Å². The monoisotopic (exact) mass is 232 g/mol. The molecule has 0 saturated carbocycles. The molecule has 1 saturated heterocycles. The van der Waals surface area contributed by atoms with Crippen LogP contribution in [0.2, 0.25) is 0 Å². The van der Waals surface area contributed by atoms with Crippen LogP contribution in [0.3, 0.4) is 0 Å². The summed E-state index contributed by atoms with van der Waals surface area (Å²) >= 11 is 0. The van der Waals surface area contributed by atoms with E-state index in [4.69, 9.17) is 4.74 Å². The summed E-state index contributed by atoms with van der Waals surface area (Å²) in [6.07, 6.45) is 4.32. The van der Waals surface area contributed by atoms with Crippen molar-refractivity contribution in [1.82, 2.24) is 19.5 Å². The summed E-state index contributed by atoms with van der Waals surface area (Å²) in [6.45, 7) is 1.13. The summed E-state index contributed by atoms with van der Waals surface area (Å²) in [5.74, 6) is 1.85. The molecule has 2 aromatic rings. The number of rotatable bonds is 2. The van der Waals surface area contributed by atoms with E-state index in [-0.39, 0.29) is 0 Å². The van der Waals surface area contributed by atoms with Crippen molar-refractivity contribution in [3.8, 4) is 5.75 Å². The third kappa shape index (κ3) is 1.67. The SMILES string of the molecule is COc1ccc2nnc(C3CCCN3C)n2c1. The molecule has 0 aromatic carbocycles. The maximum absolute atomic E-state index is 5.25. The van der Waals surface area contributed by atoms with E-state index < -0.39 is 0 Å². The zero-order valence-electron chi connectivity index (χ0n) is 10.1. The molecule has 2 aromatic heterocycles. The fourth-order valence-corrected chi connectivity index (χ4v) is 2.47. The van der Waals surface area contributed by atoms with E-state index in [2.05, 4.69) is 22.1 Å². The minimum absolute atomic E-state index is 0.372. The van der Waals surface area contributed by atoms with E-state index in [9.17, 15) is 0 Å². The fourth-order valence-electron chi connectivity index (χ4n) is 2.47. The van der Waals surface area contributed by atoms with Gasteiger partial charge in [0.05, 0.1) is 19.3 Å². The molecule has 0 N–H and O–H groups in total. The Morgan fingerprint density at radius 3 is 2.94 bits per heavy atom. The highest BCUT2D eigenvalue weighted by Crippen LogP contribution is 2.29. The first-order valence-electron chi connectivity index (χ1n) is 5.88. The van der Waals surface area contributed by atoms with Gasteiger partial charge in [0, 0.05) is 0 Å². The molecule has 1 aliphatic rings. The number of fused-ring (bicyclic) bond motifs is 1. The van der Waals surface area contributed by atoms with Gasteiger partial charge in [0.1, 0.15) is 5.75 Å². The fraction of sp³-hybridized carbons (Fsp3) is 0.500. The van der Waals surface area contributed by atoms with Crippen molar-refractivity contribution >= 4 is 5.65 Å². The number of methoxy groups -OCH3 is 1. The number of pyridine rings is 1. The Balaban J connectivity index is 2.09. The topological polar surface area (TPSA) is 42.7 Å². The predicted molar refractivity (Wildman–Crippen MR) is 64.1 cm³/mol. The zero-order valence-corrected chi connectivity index (χ0v) is 10.1. The minimum Gasteiger partial charge on any atom is -0.495 e. The van der Waals surface area contributed by atoms with Crippen molar-refractivity contribution < 1.29 is 4.74 Å². The van der Waals surface area contributed by atoms with Gasteiger partial charge >= 0.3 is 0 Å². The second kappa shape index (κ2) is 4.00. The third-order valence-corrected chi connectivity index (χ3v) is 3.46. The van der Waals surface area contributed by atoms with E-state index in [1.807, 2.05) is 22.7 Å². The number of aromatic nitrogens is 3. The first kappa shape index (κ1) is 10.5. The van der Waals surface area contributed by atoms with Crippen molar-refractivity contribution in [2.45, 2.75) is 18.9 Å². The third-order valence-electron chi connectivity index (χ3n) is 3.46. The Kier molecular flexibility index (Phi) is 2.48. The maximum atomic E-state index is 5.25. The van der Waals surface area contributed by atoms with Crippen molar-refractivity contribution in [3.63, 3.8) is 0 Å². The number of ether oxygens (including phenoxy) is 1. The Labute approximate surface area is 100 Å². The summed E-state index contributed by atoms with van der Waals surface area (Å²) in [5.41, 5.74) is 0.876. The van der Waals surface area contributed by atoms with Crippen LogP contribution in [0.5, 0.6) is 5.75 Å². The van der Waals surface area contributed by atoms with Gasteiger partial charge in [0.25, 0.3) is 0 Å². The van der Waals surface area contributed by atoms with E-state index >= 15 is 0 Å². The molecule has 90 valence electrons. The molecule has 17 heavy (non-hydrogen) atoms. The highest BCUT2D eigenvalue weighted by molar-refractivity contribution is 5.41. The first-order chi connectivity index (χ1) is 8.29. The van der Waals surface area contributed by atoms with Gasteiger partial charge < -0.3 is 4.74 Å². The standard InChI is InChI=1S/C12H16N4O/c1-15-7-3-4-10(15)12-14-13-11-6-5-9(17-2)8-16(11)12/h5-6,8,10H,3-4,7H2,1-2H3. The van der Waals surface area contributed by atoms with Crippen LogP contribution in [-0.2, 0) is 0 Å². The van der Waals surface area contributed by atoms with Gasteiger partial charge in [-0.15, -0.1) is 10.2 Å². The van der Waals surface area contributed by atoms with Crippen LogP contribution in [0.1, 0.15) is 24.7 Å². The van der Waals surface area contributed by atoms with Crippen LogP contribution in [-0.4, -0.2) is 40.2 Å². The summed E-state index contributed by atoms with van der Waals surface area (Å²) in [7, 11) is 3.81. The van der Waals surface area contributed by atoms with Crippen molar-refractivity contribution in [2.75, 3.05) is 20.7 Å². The van der Waals surface area contributed by atoms with Crippen LogP contribution in [0.15, 0.2) is 18.3 Å². The highest BCUT2D eigenvalue weighted by Gasteiger charge is 2.26. The number of hydrogen-bond acceptors (Lipinski definition) is 4. The van der Waals surface area contributed by atoms with Gasteiger partial charge in [0.15, 0.2) is 11.5 Å². The average molecular weight is 232 g/mol. The summed E-state index contributed by atoms with van der Waals surface area (Å²) in [4.78, 5) is 2.33. The molecule has 0 bridgehead atoms. The van der Waals surface area contributed by atoms with Gasteiger partial charge in [0.2, 0.25) is 0 Å². The van der Waals surface area contributed by atoms with Crippen LogP contribution in [0.25, 0.3) is 5.65 Å². The maximum Gasteiger partial charge on any atom is 0.161 e. The second-order valence-corrected chi connectivity index (χ2v) is 4.49. The molecule has 3 rings (SSSR count). The minimum atomic E-state index is 0.372. The van der Waals surface area contributed by atoms with Crippen LogP contribution in [0, 0.1) is 0 Å². The Bertz CT molecular complexity index is 536. The molecule has 1 fully saturated rings. The van der Waals surface area contributed by atoms with E-state index in [0.717, 1.165) is 30.2 Å². The molecular formula is C12H16N4O. The van der Waals surface area contributed by atoms with Crippen LogP contribution < -0.4 is 4.74 Å². The lowest BCUT2D eigenvalue weighted by molar-refractivity contribution is 0.303. The summed E-state index contributed by atoms with van der Waals surface area (Å²) in [6, 6.07) is 4.22. The molecule has 1 aliphatic heterocycles. The first-order valence-corrected chi connectivity index (χ1v) is 5.88. The quantitative estimate of drug-likeness (QED) is 0.787. The molecule has 1 unspecified atom stereocenters. The Morgan fingerprint density at radius 1 is 1.35 bits per heavy atom. The zero-order chi connectivity index (χ0) is 11.8.